The minimum Gasteiger partial charge on any atom is -0.480 e. The van der Waals surface area contributed by atoms with Crippen LogP contribution in [0.1, 0.15) is 6.42 Å². The first kappa shape index (κ1) is 14.2. The van der Waals surface area contributed by atoms with Crippen LogP contribution in [0.5, 0.6) is 0 Å². The highest BCUT2D eigenvalue weighted by Crippen LogP contribution is 2.18. The Morgan fingerprint density at radius 3 is 2.70 bits per heavy atom. The molecule has 2 atom stereocenters. The van der Waals surface area contributed by atoms with Gasteiger partial charge in [0.25, 0.3) is 0 Å². The number of carboxylic acid groups (broad SMARTS) is 1. The van der Waals surface area contributed by atoms with Gasteiger partial charge in [0.1, 0.15) is 6.04 Å². The fourth-order valence-electron chi connectivity index (χ4n) is 2.18. The summed E-state index contributed by atoms with van der Waals surface area (Å²) in [4.78, 5) is 34.0. The Bertz CT molecular complexity index is 495. The van der Waals surface area contributed by atoms with Crippen molar-refractivity contribution in [2.45, 2.75) is 18.6 Å². The second-order valence-electron chi connectivity index (χ2n) is 4.69. The van der Waals surface area contributed by atoms with E-state index in [1.165, 1.54) is 9.80 Å². The number of rotatable bonds is 4. The first-order valence-electron chi connectivity index (χ1n) is 6.17. The third-order valence-electron chi connectivity index (χ3n) is 3.15. The Morgan fingerprint density at radius 2 is 2.10 bits per heavy atom. The molecule has 20 heavy (non-hydrogen) atoms. The van der Waals surface area contributed by atoms with Gasteiger partial charge in [-0.2, -0.15) is 0 Å². The Morgan fingerprint density at radius 1 is 1.45 bits per heavy atom. The molecule has 1 fully saturated rings. The van der Waals surface area contributed by atoms with Crippen molar-refractivity contribution in [3.63, 3.8) is 0 Å². The number of aromatic nitrogens is 2. The molecule has 1 aromatic rings. The van der Waals surface area contributed by atoms with E-state index in [-0.39, 0.29) is 25.4 Å². The molecule has 1 aliphatic rings. The van der Waals surface area contributed by atoms with Gasteiger partial charge in [0.2, 0.25) is 11.9 Å². The molecule has 108 valence electrons. The molecule has 2 heterocycles. The first-order chi connectivity index (χ1) is 9.49. The molecule has 8 heteroatoms. The van der Waals surface area contributed by atoms with Gasteiger partial charge in [-0.1, -0.05) is 0 Å². The highest BCUT2D eigenvalue weighted by atomic mass is 16.4. The molecule has 0 aromatic carbocycles. The van der Waals surface area contributed by atoms with Gasteiger partial charge in [-0.05, 0) is 6.07 Å². The summed E-state index contributed by atoms with van der Waals surface area (Å²) in [5.41, 5.74) is 0. The zero-order valence-corrected chi connectivity index (χ0v) is 11.0. The molecular formula is C12H16N4O4. The number of carbonyl (C=O) groups excluding carboxylic acids is 1. The van der Waals surface area contributed by atoms with Crippen LogP contribution < -0.4 is 4.90 Å². The van der Waals surface area contributed by atoms with E-state index >= 15 is 0 Å². The van der Waals surface area contributed by atoms with E-state index < -0.39 is 18.1 Å². The largest absolute Gasteiger partial charge is 0.480 e. The number of nitrogens with zero attached hydrogens (tertiary/aromatic N) is 4. The number of hydrogen-bond acceptors (Lipinski definition) is 6. The van der Waals surface area contributed by atoms with E-state index in [2.05, 4.69) is 9.97 Å². The van der Waals surface area contributed by atoms with E-state index in [1.54, 1.807) is 25.5 Å². The summed E-state index contributed by atoms with van der Waals surface area (Å²) in [5, 5.41) is 18.6. The first-order valence-corrected chi connectivity index (χ1v) is 6.17. The summed E-state index contributed by atoms with van der Waals surface area (Å²) in [7, 11) is 1.65. The van der Waals surface area contributed by atoms with E-state index in [0.29, 0.717) is 5.95 Å². The Kier molecular flexibility index (Phi) is 4.14. The van der Waals surface area contributed by atoms with E-state index in [9.17, 15) is 14.7 Å². The number of β-amino-alcohol motifs (C(OH)–C–C–N with tert-alkyl or cyclic N) is 1. The molecule has 1 aliphatic heterocycles. The van der Waals surface area contributed by atoms with Gasteiger partial charge in [0.15, 0.2) is 0 Å². The summed E-state index contributed by atoms with van der Waals surface area (Å²) in [6.07, 6.45) is 2.39. The normalized spacial score (nSPS) is 21.8. The number of aliphatic carboxylic acids is 1. The molecule has 0 aliphatic carbocycles. The molecule has 0 bridgehead atoms. The van der Waals surface area contributed by atoms with Crippen molar-refractivity contribution in [3.05, 3.63) is 18.5 Å². The Balaban J connectivity index is 2.02. The Hall–Kier alpha value is -2.22. The average molecular weight is 280 g/mol. The minimum absolute atomic E-state index is 0.0410. The molecule has 2 rings (SSSR count). The maximum absolute atomic E-state index is 12.1. The number of likely N-dealkylation sites (tertiary alicyclic amines) is 1. The Labute approximate surface area is 115 Å². The third kappa shape index (κ3) is 3.02. The van der Waals surface area contributed by atoms with Crippen molar-refractivity contribution in [3.8, 4) is 0 Å². The van der Waals surface area contributed by atoms with Gasteiger partial charge in [-0.15, -0.1) is 0 Å². The highest BCUT2D eigenvalue weighted by Gasteiger charge is 2.39. The fourth-order valence-corrected chi connectivity index (χ4v) is 2.18. The molecule has 0 radical (unpaired) electrons. The molecule has 1 amide bonds. The van der Waals surface area contributed by atoms with Crippen molar-refractivity contribution in [1.29, 1.82) is 0 Å². The molecule has 1 aromatic heterocycles. The summed E-state index contributed by atoms with van der Waals surface area (Å²) >= 11 is 0. The van der Waals surface area contributed by atoms with Gasteiger partial charge in [0.05, 0.1) is 12.6 Å². The van der Waals surface area contributed by atoms with Crippen LogP contribution in [0.3, 0.4) is 0 Å². The summed E-state index contributed by atoms with van der Waals surface area (Å²) < 4.78 is 0. The van der Waals surface area contributed by atoms with Gasteiger partial charge in [-0.25, -0.2) is 14.8 Å². The lowest BCUT2D eigenvalue weighted by atomic mass is 10.2. The lowest BCUT2D eigenvalue weighted by Gasteiger charge is -2.24. The highest BCUT2D eigenvalue weighted by molar-refractivity contribution is 5.87. The monoisotopic (exact) mass is 280 g/mol. The van der Waals surface area contributed by atoms with Gasteiger partial charge in [-0.3, -0.25) is 4.79 Å². The summed E-state index contributed by atoms with van der Waals surface area (Å²) in [5.74, 6) is -1.09. The van der Waals surface area contributed by atoms with Gasteiger partial charge >= 0.3 is 5.97 Å². The number of anilines is 1. The minimum atomic E-state index is -1.10. The SMILES string of the molecule is CN(CC(=O)N1C[C@H](O)C[C@@H]1C(=O)O)c1ncccn1. The second kappa shape index (κ2) is 5.83. The third-order valence-corrected chi connectivity index (χ3v) is 3.15. The van der Waals surface area contributed by atoms with E-state index in [0.717, 1.165) is 0 Å². The van der Waals surface area contributed by atoms with E-state index in [4.69, 9.17) is 5.11 Å². The molecular weight excluding hydrogens is 264 g/mol. The van der Waals surface area contributed by atoms with Crippen molar-refractivity contribution in [1.82, 2.24) is 14.9 Å². The number of carbonyl (C=O) groups is 2. The van der Waals surface area contributed by atoms with E-state index in [1.807, 2.05) is 0 Å². The molecule has 0 unspecified atom stereocenters. The van der Waals surface area contributed by atoms with Crippen LogP contribution in [0.4, 0.5) is 5.95 Å². The zero-order valence-electron chi connectivity index (χ0n) is 11.0. The lowest BCUT2D eigenvalue weighted by Crippen LogP contribution is -2.45. The van der Waals surface area contributed by atoms with Crippen LogP contribution in [-0.2, 0) is 9.59 Å². The molecule has 0 spiro atoms. The number of aliphatic hydroxyl groups excluding tert-OH is 1. The molecule has 2 N–H and O–H groups in total. The van der Waals surface area contributed by atoms with Crippen LogP contribution in [-0.4, -0.2) is 69.2 Å². The number of aliphatic hydroxyl groups is 1. The van der Waals surface area contributed by atoms with Crippen molar-refractivity contribution < 1.29 is 19.8 Å². The maximum atomic E-state index is 12.1. The quantitative estimate of drug-likeness (QED) is 0.725. The molecule has 8 nitrogen and oxygen atoms in total. The average Bonchev–Trinajstić information content (AvgIpc) is 2.82. The van der Waals surface area contributed by atoms with Crippen molar-refractivity contribution >= 4 is 17.8 Å². The second-order valence-corrected chi connectivity index (χ2v) is 4.69. The maximum Gasteiger partial charge on any atom is 0.326 e. The fraction of sp³-hybridized carbons (Fsp3) is 0.500. The zero-order chi connectivity index (χ0) is 14.7. The number of carboxylic acids is 1. The number of amides is 1. The van der Waals surface area contributed by atoms with Crippen LogP contribution in [0.15, 0.2) is 18.5 Å². The number of hydrogen-bond donors (Lipinski definition) is 2. The van der Waals surface area contributed by atoms with Crippen molar-refractivity contribution in [2.75, 3.05) is 25.0 Å². The lowest BCUT2D eigenvalue weighted by molar-refractivity contribution is -0.147. The van der Waals surface area contributed by atoms with Crippen LogP contribution >= 0.6 is 0 Å². The predicted octanol–water partition coefficient (Wildman–Crippen LogP) is -1.04. The molecule has 0 saturated carbocycles. The smallest absolute Gasteiger partial charge is 0.326 e. The number of likely N-dealkylation sites (N-methyl/N-ethyl adjacent to an activating group) is 1. The topological polar surface area (TPSA) is 107 Å². The molecule has 1 saturated heterocycles. The van der Waals surface area contributed by atoms with Crippen LogP contribution in [0.2, 0.25) is 0 Å². The summed E-state index contributed by atoms with van der Waals surface area (Å²) in [6, 6.07) is 0.693. The van der Waals surface area contributed by atoms with Gasteiger partial charge in [0, 0.05) is 32.4 Å². The predicted molar refractivity (Wildman–Crippen MR) is 69.1 cm³/mol. The standard InChI is InChI=1S/C12H16N4O4/c1-15(12-13-3-2-4-14-12)7-10(18)16-6-8(17)5-9(16)11(19)20/h2-4,8-9,17H,5-7H2,1H3,(H,19,20)/t8-,9-/m1/s1. The van der Waals surface area contributed by atoms with Crippen LogP contribution in [0, 0.1) is 0 Å². The van der Waals surface area contributed by atoms with Crippen molar-refractivity contribution in [2.24, 2.45) is 0 Å². The summed E-state index contributed by atoms with van der Waals surface area (Å²) in [6.45, 7) is -0.000198. The van der Waals surface area contributed by atoms with Gasteiger partial charge < -0.3 is 20.0 Å². The van der Waals surface area contributed by atoms with Crippen LogP contribution in [0.25, 0.3) is 0 Å².